The van der Waals surface area contributed by atoms with Gasteiger partial charge in [0.15, 0.2) is 0 Å². The van der Waals surface area contributed by atoms with Crippen LogP contribution in [-0.2, 0) is 6.42 Å². The molecule has 2 rings (SSSR count). The molecular formula is C14H21FN2. The lowest BCUT2D eigenvalue weighted by molar-refractivity contribution is 0.175. The Balaban J connectivity index is 1.88. The van der Waals surface area contributed by atoms with Crippen LogP contribution in [0.1, 0.15) is 19.4 Å². The van der Waals surface area contributed by atoms with Crippen LogP contribution in [0.2, 0.25) is 0 Å². The maximum atomic E-state index is 13.5. The van der Waals surface area contributed by atoms with Gasteiger partial charge in [-0.25, -0.2) is 4.39 Å². The molecule has 0 aromatic heterocycles. The van der Waals surface area contributed by atoms with Crippen molar-refractivity contribution in [1.29, 1.82) is 0 Å². The molecule has 2 unspecified atom stereocenters. The Kier molecular flexibility index (Phi) is 4.13. The lowest BCUT2D eigenvalue weighted by Gasteiger charge is -2.36. The van der Waals surface area contributed by atoms with Gasteiger partial charge in [-0.2, -0.15) is 0 Å². The Hall–Kier alpha value is -0.930. The first-order valence-corrected chi connectivity index (χ1v) is 6.37. The molecule has 1 fully saturated rings. The van der Waals surface area contributed by atoms with Crippen molar-refractivity contribution in [2.75, 3.05) is 19.6 Å². The number of rotatable bonds is 3. The third kappa shape index (κ3) is 3.51. The second kappa shape index (κ2) is 5.61. The maximum absolute atomic E-state index is 13.5. The van der Waals surface area contributed by atoms with E-state index in [9.17, 15) is 4.39 Å². The predicted octanol–water partition coefficient (Wildman–Crippen LogP) is 2.05. The molecule has 0 saturated carbocycles. The van der Waals surface area contributed by atoms with Gasteiger partial charge in [-0.15, -0.1) is 0 Å². The van der Waals surface area contributed by atoms with E-state index in [2.05, 4.69) is 24.1 Å². The summed E-state index contributed by atoms with van der Waals surface area (Å²) in [6.45, 7) is 7.45. The highest BCUT2D eigenvalue weighted by Gasteiger charge is 2.20. The molecule has 1 saturated heterocycles. The van der Waals surface area contributed by atoms with Crippen LogP contribution in [-0.4, -0.2) is 36.6 Å². The van der Waals surface area contributed by atoms with E-state index in [0.717, 1.165) is 31.6 Å². The molecule has 1 aromatic carbocycles. The Morgan fingerprint density at radius 2 is 1.88 bits per heavy atom. The van der Waals surface area contributed by atoms with Crippen molar-refractivity contribution in [2.24, 2.45) is 0 Å². The van der Waals surface area contributed by atoms with Crippen LogP contribution in [0.15, 0.2) is 24.3 Å². The lowest BCUT2D eigenvalue weighted by atomic mass is 10.1. The van der Waals surface area contributed by atoms with Gasteiger partial charge in [-0.1, -0.05) is 18.2 Å². The molecule has 94 valence electrons. The van der Waals surface area contributed by atoms with Gasteiger partial charge in [-0.3, -0.25) is 4.90 Å². The fourth-order valence-corrected chi connectivity index (χ4v) is 2.60. The van der Waals surface area contributed by atoms with E-state index in [1.165, 1.54) is 0 Å². The van der Waals surface area contributed by atoms with Crippen molar-refractivity contribution >= 4 is 0 Å². The Morgan fingerprint density at radius 3 is 2.53 bits per heavy atom. The fourth-order valence-electron chi connectivity index (χ4n) is 2.60. The van der Waals surface area contributed by atoms with Gasteiger partial charge in [0.1, 0.15) is 5.82 Å². The summed E-state index contributed by atoms with van der Waals surface area (Å²) in [5.41, 5.74) is 0.825. The summed E-state index contributed by atoms with van der Waals surface area (Å²) in [5.74, 6) is -0.0799. The number of nitrogens with one attached hydrogen (secondary N) is 1. The van der Waals surface area contributed by atoms with Crippen LogP contribution in [0.5, 0.6) is 0 Å². The zero-order chi connectivity index (χ0) is 12.3. The van der Waals surface area contributed by atoms with E-state index in [1.54, 1.807) is 12.1 Å². The summed E-state index contributed by atoms with van der Waals surface area (Å²) < 4.78 is 13.5. The topological polar surface area (TPSA) is 15.3 Å². The fraction of sp³-hybridized carbons (Fsp3) is 0.571. The van der Waals surface area contributed by atoms with Gasteiger partial charge in [0.25, 0.3) is 0 Å². The summed E-state index contributed by atoms with van der Waals surface area (Å²) in [6.07, 6.45) is 0.798. The first-order chi connectivity index (χ1) is 8.15. The number of halogens is 1. The third-order valence-electron chi connectivity index (χ3n) is 3.29. The van der Waals surface area contributed by atoms with Crippen LogP contribution in [0, 0.1) is 5.82 Å². The molecule has 0 amide bonds. The van der Waals surface area contributed by atoms with Gasteiger partial charge < -0.3 is 5.32 Å². The Bertz CT molecular complexity index is 357. The molecule has 1 aliphatic heterocycles. The summed E-state index contributed by atoms with van der Waals surface area (Å²) >= 11 is 0. The van der Waals surface area contributed by atoms with Gasteiger partial charge in [0.2, 0.25) is 0 Å². The molecule has 0 spiro atoms. The Labute approximate surface area is 103 Å². The number of hydrogen-bond acceptors (Lipinski definition) is 2. The van der Waals surface area contributed by atoms with Gasteiger partial charge >= 0.3 is 0 Å². The molecule has 17 heavy (non-hydrogen) atoms. The molecule has 2 nitrogen and oxygen atoms in total. The van der Waals surface area contributed by atoms with E-state index < -0.39 is 0 Å². The molecule has 0 radical (unpaired) electrons. The summed E-state index contributed by atoms with van der Waals surface area (Å²) in [7, 11) is 0. The number of nitrogens with zero attached hydrogens (tertiary/aromatic N) is 1. The number of benzene rings is 1. The summed E-state index contributed by atoms with van der Waals surface area (Å²) in [4.78, 5) is 2.41. The van der Waals surface area contributed by atoms with Crippen molar-refractivity contribution in [3.05, 3.63) is 35.6 Å². The van der Waals surface area contributed by atoms with Gasteiger partial charge in [-0.05, 0) is 31.9 Å². The second-order valence-electron chi connectivity index (χ2n) is 5.07. The maximum Gasteiger partial charge on any atom is 0.126 e. The van der Waals surface area contributed by atoms with Crippen LogP contribution in [0.25, 0.3) is 0 Å². The average Bonchev–Trinajstić information content (AvgIpc) is 2.27. The highest BCUT2D eigenvalue weighted by Crippen LogP contribution is 2.10. The largest absolute Gasteiger partial charge is 0.309 e. The first-order valence-electron chi connectivity index (χ1n) is 6.37. The monoisotopic (exact) mass is 236 g/mol. The first kappa shape index (κ1) is 12.5. The van der Waals surface area contributed by atoms with Gasteiger partial charge in [0.05, 0.1) is 0 Å². The molecule has 1 heterocycles. The molecule has 2 atom stereocenters. The minimum absolute atomic E-state index is 0.0799. The van der Waals surface area contributed by atoms with E-state index >= 15 is 0 Å². The van der Waals surface area contributed by atoms with E-state index in [0.29, 0.717) is 12.1 Å². The zero-order valence-electron chi connectivity index (χ0n) is 10.6. The SMILES string of the molecule is CC1CN(CCc2ccccc2F)CC(C)N1. The normalized spacial score (nSPS) is 26.1. The molecule has 1 aliphatic rings. The minimum atomic E-state index is -0.0799. The average molecular weight is 236 g/mol. The molecule has 0 bridgehead atoms. The molecule has 1 N–H and O–H groups in total. The summed E-state index contributed by atoms with van der Waals surface area (Å²) in [6, 6.07) is 8.12. The molecule has 3 heteroatoms. The van der Waals surface area contributed by atoms with Crippen LogP contribution < -0.4 is 5.32 Å². The smallest absolute Gasteiger partial charge is 0.126 e. The summed E-state index contributed by atoms with van der Waals surface area (Å²) in [5, 5.41) is 3.50. The highest BCUT2D eigenvalue weighted by atomic mass is 19.1. The van der Waals surface area contributed by atoms with Crippen molar-refractivity contribution in [3.8, 4) is 0 Å². The van der Waals surface area contributed by atoms with Crippen molar-refractivity contribution < 1.29 is 4.39 Å². The van der Waals surface area contributed by atoms with Crippen molar-refractivity contribution in [2.45, 2.75) is 32.4 Å². The van der Waals surface area contributed by atoms with Crippen LogP contribution in [0.3, 0.4) is 0 Å². The van der Waals surface area contributed by atoms with Crippen molar-refractivity contribution in [3.63, 3.8) is 0 Å². The van der Waals surface area contributed by atoms with E-state index in [-0.39, 0.29) is 5.82 Å². The van der Waals surface area contributed by atoms with Crippen LogP contribution in [0.4, 0.5) is 4.39 Å². The third-order valence-corrected chi connectivity index (χ3v) is 3.29. The minimum Gasteiger partial charge on any atom is -0.309 e. The standard InChI is InChI=1S/C14H21FN2/c1-11-9-17(10-12(2)16-11)8-7-13-5-3-4-6-14(13)15/h3-6,11-12,16H,7-10H2,1-2H3. The van der Waals surface area contributed by atoms with Gasteiger partial charge in [0, 0.05) is 31.7 Å². The van der Waals surface area contributed by atoms with Crippen molar-refractivity contribution in [1.82, 2.24) is 10.2 Å². The number of piperazine rings is 1. The van der Waals surface area contributed by atoms with E-state index in [4.69, 9.17) is 0 Å². The predicted molar refractivity (Wildman–Crippen MR) is 68.6 cm³/mol. The number of hydrogen-bond donors (Lipinski definition) is 1. The van der Waals surface area contributed by atoms with Crippen LogP contribution >= 0.6 is 0 Å². The zero-order valence-corrected chi connectivity index (χ0v) is 10.6. The Morgan fingerprint density at radius 1 is 1.24 bits per heavy atom. The quantitative estimate of drug-likeness (QED) is 0.864. The van der Waals surface area contributed by atoms with E-state index in [1.807, 2.05) is 12.1 Å². The second-order valence-corrected chi connectivity index (χ2v) is 5.07. The molecule has 0 aliphatic carbocycles. The highest BCUT2D eigenvalue weighted by molar-refractivity contribution is 5.17. The lowest BCUT2D eigenvalue weighted by Crippen LogP contribution is -2.54. The molecule has 1 aromatic rings. The molecular weight excluding hydrogens is 215 g/mol.